The van der Waals surface area contributed by atoms with E-state index in [0.29, 0.717) is 25.2 Å². The summed E-state index contributed by atoms with van der Waals surface area (Å²) in [5.41, 5.74) is 3.07. The van der Waals surface area contributed by atoms with Gasteiger partial charge >= 0.3 is 0 Å². The van der Waals surface area contributed by atoms with Gasteiger partial charge in [-0.1, -0.05) is 6.07 Å². The molecule has 7 heteroatoms. The number of benzene rings is 2. The van der Waals surface area contributed by atoms with E-state index in [1.165, 1.54) is 13.2 Å². The number of pyridine rings is 1. The van der Waals surface area contributed by atoms with Gasteiger partial charge in [0.25, 0.3) is 5.91 Å². The van der Waals surface area contributed by atoms with E-state index in [0.717, 1.165) is 41.0 Å². The molecule has 0 N–H and O–H groups in total. The molecule has 0 saturated carbocycles. The molecule has 3 aromatic rings. The Morgan fingerprint density at radius 2 is 1.81 bits per heavy atom. The highest BCUT2D eigenvalue weighted by Gasteiger charge is 2.24. The molecule has 162 valence electrons. The minimum Gasteiger partial charge on any atom is -0.497 e. The van der Waals surface area contributed by atoms with Crippen molar-refractivity contribution >= 4 is 16.8 Å². The lowest BCUT2D eigenvalue weighted by molar-refractivity contribution is 0.0627. The molecule has 1 saturated heterocycles. The number of fused-ring (bicyclic) bond motifs is 1. The number of ether oxygens (including phenoxy) is 2. The van der Waals surface area contributed by atoms with Crippen LogP contribution in [0, 0.1) is 12.7 Å². The molecule has 1 amide bonds. The van der Waals surface area contributed by atoms with Crippen LogP contribution < -0.4 is 9.47 Å². The Morgan fingerprint density at radius 1 is 1.03 bits per heavy atom. The topological polar surface area (TPSA) is 54.9 Å². The summed E-state index contributed by atoms with van der Waals surface area (Å²) in [4.78, 5) is 21.9. The molecule has 4 rings (SSSR count). The number of aryl methyl sites for hydroxylation is 1. The lowest BCUT2D eigenvalue weighted by Gasteiger charge is -2.35. The number of halogens is 1. The van der Waals surface area contributed by atoms with Crippen molar-refractivity contribution in [3.8, 4) is 11.5 Å². The SMILES string of the molecule is COc1ccc2nc(C)c(C(=O)N3CCN(Cc4ccc(OC)c(F)c4)CC3)cc2c1. The van der Waals surface area contributed by atoms with Gasteiger partial charge < -0.3 is 14.4 Å². The molecule has 0 atom stereocenters. The third-order valence-electron chi connectivity index (χ3n) is 5.72. The standard InChI is InChI=1S/C24H26FN3O3/c1-16-20(14-18-13-19(30-2)5-6-22(18)26-16)24(29)28-10-8-27(9-11-28)15-17-4-7-23(31-3)21(25)12-17/h4-7,12-14H,8-11,15H2,1-3H3. The van der Waals surface area contributed by atoms with Crippen molar-refractivity contribution in [2.24, 2.45) is 0 Å². The van der Waals surface area contributed by atoms with Gasteiger partial charge in [0.15, 0.2) is 11.6 Å². The molecule has 0 radical (unpaired) electrons. The summed E-state index contributed by atoms with van der Waals surface area (Å²) >= 11 is 0. The van der Waals surface area contributed by atoms with E-state index in [2.05, 4.69) is 9.88 Å². The molecule has 1 aliphatic rings. The highest BCUT2D eigenvalue weighted by atomic mass is 19.1. The number of nitrogens with zero attached hydrogens (tertiary/aromatic N) is 3. The zero-order valence-electron chi connectivity index (χ0n) is 18.0. The Bertz CT molecular complexity index is 1110. The number of rotatable bonds is 5. The smallest absolute Gasteiger partial charge is 0.255 e. The molecule has 0 bridgehead atoms. The van der Waals surface area contributed by atoms with Crippen LogP contribution in [-0.4, -0.2) is 61.1 Å². The fraction of sp³-hybridized carbons (Fsp3) is 0.333. The minimum absolute atomic E-state index is 0.00939. The summed E-state index contributed by atoms with van der Waals surface area (Å²) < 4.78 is 24.2. The zero-order chi connectivity index (χ0) is 22.0. The van der Waals surface area contributed by atoms with Gasteiger partial charge in [-0.2, -0.15) is 0 Å². The number of hydrogen-bond acceptors (Lipinski definition) is 5. The van der Waals surface area contributed by atoms with Crippen LogP contribution in [0.5, 0.6) is 11.5 Å². The van der Waals surface area contributed by atoms with E-state index in [9.17, 15) is 9.18 Å². The molecule has 2 aromatic carbocycles. The van der Waals surface area contributed by atoms with Gasteiger partial charge in [0.1, 0.15) is 5.75 Å². The molecule has 1 fully saturated rings. The first-order valence-corrected chi connectivity index (χ1v) is 10.3. The van der Waals surface area contributed by atoms with Crippen LogP contribution in [0.4, 0.5) is 4.39 Å². The summed E-state index contributed by atoms with van der Waals surface area (Å²) in [5.74, 6) is 0.617. The molecule has 1 aromatic heterocycles. The maximum absolute atomic E-state index is 13.9. The summed E-state index contributed by atoms with van der Waals surface area (Å²) in [6.07, 6.45) is 0. The zero-order valence-corrected chi connectivity index (χ0v) is 18.0. The summed E-state index contributed by atoms with van der Waals surface area (Å²) in [6.45, 7) is 5.20. The van der Waals surface area contributed by atoms with Crippen LogP contribution in [0.1, 0.15) is 21.6 Å². The third-order valence-corrected chi connectivity index (χ3v) is 5.72. The van der Waals surface area contributed by atoms with Gasteiger partial charge in [-0.15, -0.1) is 0 Å². The second kappa shape index (κ2) is 8.89. The summed E-state index contributed by atoms with van der Waals surface area (Å²) in [6, 6.07) is 12.6. The predicted molar refractivity (Wildman–Crippen MR) is 117 cm³/mol. The van der Waals surface area contributed by atoms with Crippen molar-refractivity contribution < 1.29 is 18.7 Å². The molecule has 0 unspecified atom stereocenters. The Hall–Kier alpha value is -3.19. The normalized spacial score (nSPS) is 14.6. The fourth-order valence-corrected chi connectivity index (χ4v) is 3.94. The van der Waals surface area contributed by atoms with Crippen LogP contribution in [0.15, 0.2) is 42.5 Å². The van der Waals surface area contributed by atoms with E-state index in [-0.39, 0.29) is 17.5 Å². The highest BCUT2D eigenvalue weighted by Crippen LogP contribution is 2.23. The molecular formula is C24H26FN3O3. The lowest BCUT2D eigenvalue weighted by atomic mass is 10.1. The molecule has 0 aliphatic carbocycles. The predicted octanol–water partition coefficient (Wildman–Crippen LogP) is 3.66. The molecule has 6 nitrogen and oxygen atoms in total. The van der Waals surface area contributed by atoms with Gasteiger partial charge in [0.05, 0.1) is 31.0 Å². The molecule has 0 spiro atoms. The third kappa shape index (κ3) is 4.46. The van der Waals surface area contributed by atoms with Gasteiger partial charge in [-0.3, -0.25) is 14.7 Å². The van der Waals surface area contributed by atoms with Gasteiger partial charge in [-0.05, 0) is 48.9 Å². The Labute approximate surface area is 181 Å². The average molecular weight is 423 g/mol. The van der Waals surface area contributed by atoms with Gasteiger partial charge in [-0.25, -0.2) is 4.39 Å². The summed E-state index contributed by atoms with van der Waals surface area (Å²) in [5, 5.41) is 0.883. The highest BCUT2D eigenvalue weighted by molar-refractivity contribution is 5.98. The van der Waals surface area contributed by atoms with E-state index in [4.69, 9.17) is 9.47 Å². The van der Waals surface area contributed by atoms with E-state index >= 15 is 0 Å². The quantitative estimate of drug-likeness (QED) is 0.627. The van der Waals surface area contributed by atoms with Crippen molar-refractivity contribution in [1.29, 1.82) is 0 Å². The Balaban J connectivity index is 1.43. The molecule has 31 heavy (non-hydrogen) atoms. The van der Waals surface area contributed by atoms with Gasteiger partial charge in [0, 0.05) is 38.1 Å². The Kier molecular flexibility index (Phi) is 6.04. The van der Waals surface area contributed by atoms with Crippen molar-refractivity contribution in [2.75, 3.05) is 40.4 Å². The first kappa shape index (κ1) is 21.1. The second-order valence-electron chi connectivity index (χ2n) is 7.72. The first-order chi connectivity index (χ1) is 15.0. The van der Waals surface area contributed by atoms with Crippen molar-refractivity contribution in [1.82, 2.24) is 14.8 Å². The molecule has 1 aliphatic heterocycles. The molecular weight excluding hydrogens is 397 g/mol. The lowest BCUT2D eigenvalue weighted by Crippen LogP contribution is -2.48. The van der Waals surface area contributed by atoms with E-state index in [1.54, 1.807) is 13.2 Å². The summed E-state index contributed by atoms with van der Waals surface area (Å²) in [7, 11) is 3.08. The van der Waals surface area contributed by atoms with Crippen molar-refractivity contribution in [3.63, 3.8) is 0 Å². The Morgan fingerprint density at radius 3 is 2.48 bits per heavy atom. The van der Waals surface area contributed by atoms with Crippen LogP contribution in [-0.2, 0) is 6.54 Å². The van der Waals surface area contributed by atoms with Crippen LogP contribution in [0.3, 0.4) is 0 Å². The van der Waals surface area contributed by atoms with E-state index in [1.807, 2.05) is 42.2 Å². The van der Waals surface area contributed by atoms with Gasteiger partial charge in [0.2, 0.25) is 0 Å². The van der Waals surface area contributed by atoms with Crippen LogP contribution in [0.2, 0.25) is 0 Å². The molecule has 2 heterocycles. The number of aromatic nitrogens is 1. The maximum atomic E-state index is 13.9. The van der Waals surface area contributed by atoms with Crippen LogP contribution >= 0.6 is 0 Å². The number of piperazine rings is 1. The van der Waals surface area contributed by atoms with E-state index < -0.39 is 0 Å². The van der Waals surface area contributed by atoms with Crippen molar-refractivity contribution in [3.05, 3.63) is 65.1 Å². The number of carbonyl (C=O) groups is 1. The first-order valence-electron chi connectivity index (χ1n) is 10.3. The maximum Gasteiger partial charge on any atom is 0.255 e. The number of carbonyl (C=O) groups excluding carboxylic acids is 1. The average Bonchev–Trinajstić information content (AvgIpc) is 2.78. The monoisotopic (exact) mass is 423 g/mol. The minimum atomic E-state index is -0.357. The largest absolute Gasteiger partial charge is 0.497 e. The fourth-order valence-electron chi connectivity index (χ4n) is 3.94. The number of hydrogen-bond donors (Lipinski definition) is 0. The second-order valence-corrected chi connectivity index (χ2v) is 7.72. The number of methoxy groups -OCH3 is 2. The van der Waals surface area contributed by atoms with Crippen LogP contribution in [0.25, 0.3) is 10.9 Å². The van der Waals surface area contributed by atoms with Crippen molar-refractivity contribution in [2.45, 2.75) is 13.5 Å². The number of amides is 1.